The van der Waals surface area contributed by atoms with Crippen LogP contribution < -0.4 is 9.64 Å². The predicted molar refractivity (Wildman–Crippen MR) is 86.2 cm³/mol. The van der Waals surface area contributed by atoms with Gasteiger partial charge in [0, 0.05) is 33.2 Å². The maximum absolute atomic E-state index is 12.8. The topological polar surface area (TPSA) is 70.2 Å². The molecule has 0 aromatic heterocycles. The Morgan fingerprint density at radius 3 is 2.52 bits per heavy atom. The van der Waals surface area contributed by atoms with E-state index in [1.807, 2.05) is 0 Å². The monoisotopic (exact) mass is 339 g/mol. The normalized spacial score (nSPS) is 20.3. The van der Waals surface area contributed by atoms with Crippen molar-refractivity contribution in [2.75, 3.05) is 51.3 Å². The van der Waals surface area contributed by atoms with Gasteiger partial charge in [-0.2, -0.15) is 4.31 Å². The highest BCUT2D eigenvalue weighted by Crippen LogP contribution is 2.34. The lowest BCUT2D eigenvalue weighted by atomic mass is 10.2. The second kappa shape index (κ2) is 6.10. The first-order chi connectivity index (χ1) is 10.9. The standard InChI is InChI=1S/C15H21N3O4S/c1-3-17-6-8-18(9-7-17)23(20,21)12-4-5-14-13(10-12)16(2)15(19)11-22-14/h4-5,10H,3,6-9,11H2,1-2H3. The molecule has 1 amide bonds. The molecule has 7 nitrogen and oxygen atoms in total. The molecule has 3 rings (SSSR count). The number of hydrogen-bond donors (Lipinski definition) is 0. The average molecular weight is 339 g/mol. The first-order valence-corrected chi connectivity index (χ1v) is 9.13. The molecule has 8 heteroatoms. The number of amides is 1. The van der Waals surface area contributed by atoms with E-state index < -0.39 is 10.0 Å². The molecule has 126 valence electrons. The summed E-state index contributed by atoms with van der Waals surface area (Å²) in [5.41, 5.74) is 0.495. The zero-order valence-electron chi connectivity index (χ0n) is 13.4. The van der Waals surface area contributed by atoms with Crippen LogP contribution in [-0.2, 0) is 14.8 Å². The van der Waals surface area contributed by atoms with Crippen LogP contribution in [0, 0.1) is 0 Å². The fourth-order valence-electron chi connectivity index (χ4n) is 2.85. The van der Waals surface area contributed by atoms with Crippen molar-refractivity contribution in [3.63, 3.8) is 0 Å². The van der Waals surface area contributed by atoms with Crippen LogP contribution in [0.15, 0.2) is 23.1 Å². The largest absolute Gasteiger partial charge is 0.482 e. The van der Waals surface area contributed by atoms with Crippen molar-refractivity contribution in [1.82, 2.24) is 9.21 Å². The number of nitrogens with zero attached hydrogens (tertiary/aromatic N) is 3. The number of carbonyl (C=O) groups excluding carboxylic acids is 1. The molecule has 2 aliphatic heterocycles. The van der Waals surface area contributed by atoms with Crippen molar-refractivity contribution in [3.05, 3.63) is 18.2 Å². The van der Waals surface area contributed by atoms with Gasteiger partial charge in [-0.25, -0.2) is 8.42 Å². The van der Waals surface area contributed by atoms with Gasteiger partial charge in [0.05, 0.1) is 10.6 Å². The molecule has 0 atom stereocenters. The Hall–Kier alpha value is -1.64. The highest BCUT2D eigenvalue weighted by Gasteiger charge is 2.30. The van der Waals surface area contributed by atoms with Crippen LogP contribution in [0.2, 0.25) is 0 Å². The van der Waals surface area contributed by atoms with Gasteiger partial charge in [0.25, 0.3) is 5.91 Å². The Kier molecular flexibility index (Phi) is 4.31. The van der Waals surface area contributed by atoms with E-state index >= 15 is 0 Å². The molecule has 0 N–H and O–H groups in total. The number of hydrogen-bond acceptors (Lipinski definition) is 5. The van der Waals surface area contributed by atoms with E-state index in [0.717, 1.165) is 19.6 Å². The second-order valence-corrected chi connectivity index (χ2v) is 7.65. The Bertz CT molecular complexity index is 711. The lowest BCUT2D eigenvalue weighted by Crippen LogP contribution is -2.48. The quantitative estimate of drug-likeness (QED) is 0.796. The van der Waals surface area contributed by atoms with Crippen molar-refractivity contribution in [2.45, 2.75) is 11.8 Å². The Labute approximate surface area is 136 Å². The average Bonchev–Trinajstić information content (AvgIpc) is 2.58. The summed E-state index contributed by atoms with van der Waals surface area (Å²) in [6.07, 6.45) is 0. The van der Waals surface area contributed by atoms with Crippen LogP contribution in [0.25, 0.3) is 0 Å². The van der Waals surface area contributed by atoms with Crippen LogP contribution >= 0.6 is 0 Å². The fourth-order valence-corrected chi connectivity index (χ4v) is 4.29. The van der Waals surface area contributed by atoms with Crippen molar-refractivity contribution >= 4 is 21.6 Å². The molecule has 0 saturated carbocycles. The number of piperazine rings is 1. The molecule has 0 radical (unpaired) electrons. The maximum atomic E-state index is 12.8. The molecule has 2 aliphatic rings. The van der Waals surface area contributed by atoms with Crippen LogP contribution in [0.1, 0.15) is 6.92 Å². The predicted octanol–water partition coefficient (Wildman–Crippen LogP) is 0.368. The number of benzene rings is 1. The van der Waals surface area contributed by atoms with Gasteiger partial charge in [-0.3, -0.25) is 4.79 Å². The van der Waals surface area contributed by atoms with Crippen LogP contribution in [-0.4, -0.2) is 69.9 Å². The third-order valence-corrected chi connectivity index (χ3v) is 6.33. The SMILES string of the molecule is CCN1CCN(S(=O)(=O)c2ccc3c(c2)N(C)C(=O)CO3)CC1. The number of likely N-dealkylation sites (N-methyl/N-ethyl adjacent to an activating group) is 2. The molecule has 1 aromatic rings. The minimum absolute atomic E-state index is 0.0193. The van der Waals surface area contributed by atoms with Gasteiger partial charge in [-0.15, -0.1) is 0 Å². The molecule has 1 fully saturated rings. The summed E-state index contributed by atoms with van der Waals surface area (Å²) in [5, 5.41) is 0. The van der Waals surface area contributed by atoms with Crippen LogP contribution in [0.5, 0.6) is 5.75 Å². The number of fused-ring (bicyclic) bond motifs is 1. The Morgan fingerprint density at radius 1 is 1.17 bits per heavy atom. The molecular weight excluding hydrogens is 318 g/mol. The van der Waals surface area contributed by atoms with E-state index in [-0.39, 0.29) is 17.4 Å². The minimum atomic E-state index is -3.55. The first kappa shape index (κ1) is 16.2. The zero-order chi connectivity index (χ0) is 16.6. The van der Waals surface area contributed by atoms with Crippen molar-refractivity contribution in [1.29, 1.82) is 0 Å². The lowest BCUT2D eigenvalue weighted by Gasteiger charge is -2.33. The van der Waals surface area contributed by atoms with E-state index in [9.17, 15) is 13.2 Å². The van der Waals surface area contributed by atoms with Gasteiger partial charge in [0.15, 0.2) is 6.61 Å². The molecule has 1 aromatic carbocycles. The fraction of sp³-hybridized carbons (Fsp3) is 0.533. The third kappa shape index (κ3) is 2.93. The second-order valence-electron chi connectivity index (χ2n) is 5.71. The number of ether oxygens (including phenoxy) is 1. The van der Waals surface area contributed by atoms with Crippen LogP contribution in [0.3, 0.4) is 0 Å². The lowest BCUT2D eigenvalue weighted by molar-refractivity contribution is -0.120. The summed E-state index contributed by atoms with van der Waals surface area (Å²) in [6, 6.07) is 4.69. The van der Waals surface area contributed by atoms with E-state index in [4.69, 9.17) is 4.74 Å². The van der Waals surface area contributed by atoms with Gasteiger partial charge in [-0.05, 0) is 24.7 Å². The molecule has 2 heterocycles. The summed E-state index contributed by atoms with van der Waals surface area (Å²) in [4.78, 5) is 15.6. The molecule has 0 bridgehead atoms. The van der Waals surface area contributed by atoms with E-state index in [2.05, 4.69) is 11.8 Å². The van der Waals surface area contributed by atoms with Gasteiger partial charge >= 0.3 is 0 Å². The summed E-state index contributed by atoms with van der Waals surface area (Å²) < 4.78 is 32.5. The van der Waals surface area contributed by atoms with Crippen molar-refractivity contribution < 1.29 is 17.9 Å². The van der Waals surface area contributed by atoms with E-state index in [0.29, 0.717) is 24.5 Å². The number of sulfonamides is 1. The molecular formula is C15H21N3O4S. The van der Waals surface area contributed by atoms with Crippen molar-refractivity contribution in [2.24, 2.45) is 0 Å². The molecule has 0 spiro atoms. The maximum Gasteiger partial charge on any atom is 0.264 e. The number of rotatable bonds is 3. The molecule has 23 heavy (non-hydrogen) atoms. The Balaban J connectivity index is 1.88. The third-order valence-electron chi connectivity index (χ3n) is 4.43. The molecule has 0 aliphatic carbocycles. The van der Waals surface area contributed by atoms with Gasteiger partial charge in [0.1, 0.15) is 5.75 Å². The Morgan fingerprint density at radius 2 is 1.87 bits per heavy atom. The zero-order valence-corrected chi connectivity index (χ0v) is 14.2. The van der Waals surface area contributed by atoms with Gasteiger partial charge < -0.3 is 14.5 Å². The van der Waals surface area contributed by atoms with Crippen LogP contribution in [0.4, 0.5) is 5.69 Å². The summed E-state index contributed by atoms with van der Waals surface area (Å²) in [5.74, 6) is 0.338. The number of anilines is 1. The molecule has 0 unspecified atom stereocenters. The van der Waals surface area contributed by atoms with Gasteiger partial charge in [0.2, 0.25) is 10.0 Å². The van der Waals surface area contributed by atoms with Crippen molar-refractivity contribution in [3.8, 4) is 5.75 Å². The summed E-state index contributed by atoms with van der Waals surface area (Å²) in [7, 11) is -1.93. The highest BCUT2D eigenvalue weighted by atomic mass is 32.2. The van der Waals surface area contributed by atoms with E-state index in [1.54, 1.807) is 19.2 Å². The minimum Gasteiger partial charge on any atom is -0.482 e. The van der Waals surface area contributed by atoms with E-state index in [1.165, 1.54) is 15.3 Å². The number of carbonyl (C=O) groups is 1. The summed E-state index contributed by atoms with van der Waals surface area (Å²) >= 11 is 0. The molecule has 1 saturated heterocycles. The smallest absolute Gasteiger partial charge is 0.264 e. The first-order valence-electron chi connectivity index (χ1n) is 7.69. The highest BCUT2D eigenvalue weighted by molar-refractivity contribution is 7.89. The summed E-state index contributed by atoms with van der Waals surface area (Å²) in [6.45, 7) is 5.42. The van der Waals surface area contributed by atoms with Gasteiger partial charge in [-0.1, -0.05) is 6.92 Å².